The molecule has 1 saturated heterocycles. The van der Waals surface area contributed by atoms with Crippen molar-refractivity contribution in [1.29, 1.82) is 0 Å². The molecule has 114 valence electrons. The topological polar surface area (TPSA) is 41.1 Å². The Morgan fingerprint density at radius 2 is 1.73 bits per heavy atom. The molecular weight excluding hydrogens is 272 g/mol. The van der Waals surface area contributed by atoms with Crippen molar-refractivity contribution in [2.45, 2.75) is 31.3 Å². The van der Waals surface area contributed by atoms with E-state index in [-0.39, 0.29) is 11.9 Å². The number of benzene rings is 2. The zero-order valence-corrected chi connectivity index (χ0v) is 12.9. The third-order valence-corrected chi connectivity index (χ3v) is 4.46. The van der Waals surface area contributed by atoms with Gasteiger partial charge in [0.1, 0.15) is 5.54 Å². The lowest BCUT2D eigenvalue weighted by Gasteiger charge is -2.30. The molecule has 2 aromatic rings. The zero-order chi connectivity index (χ0) is 15.4. The minimum Gasteiger partial charge on any atom is -0.348 e. The summed E-state index contributed by atoms with van der Waals surface area (Å²) in [5, 5.41) is 6.61. The van der Waals surface area contributed by atoms with Crippen molar-refractivity contribution in [3.8, 4) is 0 Å². The van der Waals surface area contributed by atoms with Gasteiger partial charge in [-0.3, -0.25) is 10.1 Å². The van der Waals surface area contributed by atoms with Gasteiger partial charge in [0.25, 0.3) is 0 Å². The molecular formula is C19H22N2O. The molecule has 1 heterocycles. The van der Waals surface area contributed by atoms with E-state index in [4.69, 9.17) is 0 Å². The Balaban J connectivity index is 1.82. The van der Waals surface area contributed by atoms with Crippen LogP contribution in [0.25, 0.3) is 0 Å². The third kappa shape index (κ3) is 2.77. The number of hydrogen-bond donors (Lipinski definition) is 2. The highest BCUT2D eigenvalue weighted by atomic mass is 16.2. The molecule has 1 amide bonds. The van der Waals surface area contributed by atoms with Crippen molar-refractivity contribution in [2.75, 3.05) is 6.54 Å². The van der Waals surface area contributed by atoms with Crippen LogP contribution < -0.4 is 10.6 Å². The second-order valence-electron chi connectivity index (χ2n) is 5.91. The van der Waals surface area contributed by atoms with Gasteiger partial charge in [0.2, 0.25) is 5.91 Å². The molecule has 2 aromatic carbocycles. The largest absolute Gasteiger partial charge is 0.348 e. The van der Waals surface area contributed by atoms with Gasteiger partial charge >= 0.3 is 0 Å². The summed E-state index contributed by atoms with van der Waals surface area (Å²) in [5.41, 5.74) is 1.58. The van der Waals surface area contributed by atoms with Crippen LogP contribution in [0.3, 0.4) is 0 Å². The lowest BCUT2D eigenvalue weighted by Crippen LogP contribution is -2.51. The predicted molar refractivity (Wildman–Crippen MR) is 88.4 cm³/mol. The molecule has 0 spiro atoms. The van der Waals surface area contributed by atoms with Crippen LogP contribution in [-0.2, 0) is 10.3 Å². The summed E-state index contributed by atoms with van der Waals surface area (Å²) >= 11 is 0. The lowest BCUT2D eigenvalue weighted by molar-refractivity contribution is -0.128. The standard InChI is InChI=1S/C19H22N2O/c1-15(16-9-4-2-5-10-16)21-18(22)19(13-8-14-20-19)17-11-6-3-7-12-17/h2-7,9-12,15,20H,8,13-14H2,1H3,(H,21,22)/t15?,19-/m1/s1. The highest BCUT2D eigenvalue weighted by Crippen LogP contribution is 2.31. The Kier molecular flexibility index (Phi) is 4.25. The number of carbonyl (C=O) groups excluding carboxylic acids is 1. The minimum atomic E-state index is -0.593. The number of hydrogen-bond acceptors (Lipinski definition) is 2. The highest BCUT2D eigenvalue weighted by molar-refractivity contribution is 5.88. The van der Waals surface area contributed by atoms with E-state index < -0.39 is 5.54 Å². The molecule has 22 heavy (non-hydrogen) atoms. The van der Waals surface area contributed by atoms with Crippen LogP contribution in [0.1, 0.15) is 36.9 Å². The second kappa shape index (κ2) is 6.32. The Hall–Kier alpha value is -2.13. The summed E-state index contributed by atoms with van der Waals surface area (Å²) in [6.07, 6.45) is 1.85. The third-order valence-electron chi connectivity index (χ3n) is 4.46. The van der Waals surface area contributed by atoms with Gasteiger partial charge in [-0.15, -0.1) is 0 Å². The van der Waals surface area contributed by atoms with Gasteiger partial charge in [-0.1, -0.05) is 60.7 Å². The smallest absolute Gasteiger partial charge is 0.245 e. The number of rotatable bonds is 4. The van der Waals surface area contributed by atoms with E-state index in [1.807, 2.05) is 67.6 Å². The number of nitrogens with one attached hydrogen (secondary N) is 2. The van der Waals surface area contributed by atoms with E-state index in [1.165, 1.54) is 0 Å². The van der Waals surface area contributed by atoms with Crippen LogP contribution in [0.4, 0.5) is 0 Å². The molecule has 0 radical (unpaired) electrons. The Morgan fingerprint density at radius 3 is 2.32 bits per heavy atom. The Labute approximate surface area is 131 Å². The van der Waals surface area contributed by atoms with Gasteiger partial charge in [0.05, 0.1) is 6.04 Å². The number of carbonyl (C=O) groups is 1. The fraction of sp³-hybridized carbons (Fsp3) is 0.316. The quantitative estimate of drug-likeness (QED) is 0.909. The highest BCUT2D eigenvalue weighted by Gasteiger charge is 2.42. The van der Waals surface area contributed by atoms with Crippen molar-refractivity contribution in [3.05, 3.63) is 71.8 Å². The average molecular weight is 294 g/mol. The van der Waals surface area contributed by atoms with Crippen LogP contribution >= 0.6 is 0 Å². The first-order valence-electron chi connectivity index (χ1n) is 7.89. The molecule has 0 aromatic heterocycles. The first kappa shape index (κ1) is 14.8. The molecule has 0 aliphatic carbocycles. The van der Waals surface area contributed by atoms with E-state index in [1.54, 1.807) is 0 Å². The predicted octanol–water partition coefficient (Wildman–Crippen LogP) is 3.14. The summed E-state index contributed by atoms with van der Waals surface area (Å²) in [6.45, 7) is 2.91. The van der Waals surface area contributed by atoms with E-state index in [0.717, 1.165) is 30.5 Å². The van der Waals surface area contributed by atoms with Crippen LogP contribution in [0.15, 0.2) is 60.7 Å². The molecule has 0 saturated carbocycles. The van der Waals surface area contributed by atoms with E-state index >= 15 is 0 Å². The molecule has 1 unspecified atom stereocenters. The van der Waals surface area contributed by atoms with Crippen molar-refractivity contribution in [2.24, 2.45) is 0 Å². The second-order valence-corrected chi connectivity index (χ2v) is 5.91. The molecule has 3 heteroatoms. The van der Waals surface area contributed by atoms with Gasteiger partial charge in [-0.25, -0.2) is 0 Å². The SMILES string of the molecule is CC(NC(=O)[C@]1(c2ccccc2)CCCN1)c1ccccc1. The van der Waals surface area contributed by atoms with Crippen molar-refractivity contribution < 1.29 is 4.79 Å². The minimum absolute atomic E-state index is 0.00307. The van der Waals surface area contributed by atoms with Crippen molar-refractivity contribution >= 4 is 5.91 Å². The van der Waals surface area contributed by atoms with Gasteiger partial charge in [-0.05, 0) is 37.4 Å². The van der Waals surface area contributed by atoms with Gasteiger partial charge in [0, 0.05) is 0 Å². The van der Waals surface area contributed by atoms with Gasteiger partial charge in [-0.2, -0.15) is 0 Å². The fourth-order valence-electron chi connectivity index (χ4n) is 3.18. The molecule has 3 nitrogen and oxygen atoms in total. The number of amides is 1. The molecule has 2 atom stereocenters. The van der Waals surface area contributed by atoms with Gasteiger partial charge < -0.3 is 5.32 Å². The molecule has 1 aliphatic heterocycles. The first-order chi connectivity index (χ1) is 10.7. The van der Waals surface area contributed by atoms with Gasteiger partial charge in [0.15, 0.2) is 0 Å². The summed E-state index contributed by atoms with van der Waals surface area (Å²) in [7, 11) is 0. The normalized spacial score (nSPS) is 22.2. The maximum atomic E-state index is 13.0. The summed E-state index contributed by atoms with van der Waals surface area (Å²) in [6, 6.07) is 20.1. The molecule has 1 fully saturated rings. The summed E-state index contributed by atoms with van der Waals surface area (Å²) < 4.78 is 0. The maximum absolute atomic E-state index is 13.0. The van der Waals surface area contributed by atoms with E-state index in [0.29, 0.717) is 0 Å². The lowest BCUT2D eigenvalue weighted by atomic mass is 9.87. The monoisotopic (exact) mass is 294 g/mol. The molecule has 0 bridgehead atoms. The molecule has 3 rings (SSSR count). The summed E-state index contributed by atoms with van der Waals surface area (Å²) in [5.74, 6) is 0.0625. The Morgan fingerprint density at radius 1 is 1.09 bits per heavy atom. The fourth-order valence-corrected chi connectivity index (χ4v) is 3.18. The zero-order valence-electron chi connectivity index (χ0n) is 12.9. The first-order valence-corrected chi connectivity index (χ1v) is 7.89. The van der Waals surface area contributed by atoms with Crippen molar-refractivity contribution in [3.63, 3.8) is 0 Å². The molecule has 2 N–H and O–H groups in total. The summed E-state index contributed by atoms with van der Waals surface area (Å²) in [4.78, 5) is 13.0. The van der Waals surface area contributed by atoms with Crippen LogP contribution in [0.5, 0.6) is 0 Å². The Bertz CT molecular complexity index is 618. The van der Waals surface area contributed by atoms with E-state index in [2.05, 4.69) is 10.6 Å². The van der Waals surface area contributed by atoms with E-state index in [9.17, 15) is 4.79 Å². The van der Waals surface area contributed by atoms with Crippen LogP contribution in [0.2, 0.25) is 0 Å². The molecule has 1 aliphatic rings. The maximum Gasteiger partial charge on any atom is 0.245 e. The van der Waals surface area contributed by atoms with Crippen LogP contribution in [0, 0.1) is 0 Å². The van der Waals surface area contributed by atoms with Crippen LogP contribution in [-0.4, -0.2) is 12.5 Å². The average Bonchev–Trinajstić information content (AvgIpc) is 3.07. The van der Waals surface area contributed by atoms with Crippen molar-refractivity contribution in [1.82, 2.24) is 10.6 Å².